The van der Waals surface area contributed by atoms with Crippen LogP contribution in [0.15, 0.2) is 42.5 Å². The fraction of sp³-hybridized carbons (Fsp3) is 0.0714. The number of nitriles is 1. The summed E-state index contributed by atoms with van der Waals surface area (Å²) in [5, 5.41) is 11.6. The Morgan fingerprint density at radius 1 is 1.05 bits per heavy atom. The Labute approximate surface area is 118 Å². The Morgan fingerprint density at radius 3 is 2.25 bits per heavy atom. The van der Waals surface area contributed by atoms with Crippen molar-refractivity contribution in [2.75, 3.05) is 5.32 Å². The van der Waals surface area contributed by atoms with E-state index in [-0.39, 0.29) is 10.7 Å². The summed E-state index contributed by atoms with van der Waals surface area (Å²) in [4.78, 5) is 0. The summed E-state index contributed by atoms with van der Waals surface area (Å²) in [6.07, 6.45) is -4.42. The summed E-state index contributed by atoms with van der Waals surface area (Å²) in [6, 6.07) is 11.3. The van der Waals surface area contributed by atoms with Crippen molar-refractivity contribution in [2.45, 2.75) is 6.18 Å². The molecule has 1 N–H and O–H groups in total. The summed E-state index contributed by atoms with van der Waals surface area (Å²) in [5.74, 6) is 0. The maximum Gasteiger partial charge on any atom is 0.416 e. The fourth-order valence-corrected chi connectivity index (χ4v) is 1.75. The molecular formula is C14H8ClF3N2. The lowest BCUT2D eigenvalue weighted by Crippen LogP contribution is -2.05. The molecule has 6 heteroatoms. The van der Waals surface area contributed by atoms with E-state index in [1.165, 1.54) is 6.07 Å². The van der Waals surface area contributed by atoms with E-state index in [1.54, 1.807) is 24.3 Å². The molecule has 0 spiro atoms. The number of hydrogen-bond donors (Lipinski definition) is 1. The molecule has 0 heterocycles. The van der Waals surface area contributed by atoms with E-state index in [1.807, 2.05) is 6.07 Å². The van der Waals surface area contributed by atoms with Crippen molar-refractivity contribution >= 4 is 23.0 Å². The van der Waals surface area contributed by atoms with Crippen LogP contribution in [-0.4, -0.2) is 0 Å². The lowest BCUT2D eigenvalue weighted by atomic mass is 10.1. The van der Waals surface area contributed by atoms with Crippen LogP contribution >= 0.6 is 11.6 Å². The fourth-order valence-electron chi connectivity index (χ4n) is 1.58. The van der Waals surface area contributed by atoms with Gasteiger partial charge in [0.05, 0.1) is 27.9 Å². The molecule has 0 aliphatic carbocycles. The predicted octanol–water partition coefficient (Wildman–Crippen LogP) is 4.97. The van der Waals surface area contributed by atoms with Gasteiger partial charge in [0.2, 0.25) is 0 Å². The number of benzene rings is 2. The lowest BCUT2D eigenvalue weighted by Gasteiger charge is -2.12. The Kier molecular flexibility index (Phi) is 3.86. The highest BCUT2D eigenvalue weighted by Gasteiger charge is 2.30. The second-order valence-electron chi connectivity index (χ2n) is 4.01. The molecule has 2 rings (SSSR count). The summed E-state index contributed by atoms with van der Waals surface area (Å²) >= 11 is 5.87. The number of anilines is 2. The molecule has 2 nitrogen and oxygen atoms in total. The summed E-state index contributed by atoms with van der Waals surface area (Å²) in [7, 11) is 0. The molecule has 102 valence electrons. The summed E-state index contributed by atoms with van der Waals surface area (Å²) < 4.78 is 37.9. The highest BCUT2D eigenvalue weighted by molar-refractivity contribution is 6.33. The molecule has 0 saturated heterocycles. The Balaban J connectivity index is 2.30. The minimum Gasteiger partial charge on any atom is -0.354 e. The molecule has 20 heavy (non-hydrogen) atoms. The first kappa shape index (κ1) is 14.2. The van der Waals surface area contributed by atoms with Crippen molar-refractivity contribution < 1.29 is 13.2 Å². The van der Waals surface area contributed by atoms with Crippen LogP contribution in [-0.2, 0) is 6.18 Å². The molecule has 0 fully saturated rings. The van der Waals surface area contributed by atoms with Crippen LogP contribution in [0, 0.1) is 11.3 Å². The van der Waals surface area contributed by atoms with Crippen LogP contribution in [0.1, 0.15) is 11.1 Å². The molecule has 0 radical (unpaired) electrons. The van der Waals surface area contributed by atoms with Gasteiger partial charge in [0, 0.05) is 5.69 Å². The van der Waals surface area contributed by atoms with Crippen LogP contribution in [0.4, 0.5) is 24.5 Å². The molecule has 2 aromatic carbocycles. The molecule has 0 unspecified atom stereocenters. The summed E-state index contributed by atoms with van der Waals surface area (Å²) in [6.45, 7) is 0. The maximum atomic E-state index is 12.6. The van der Waals surface area contributed by atoms with Gasteiger partial charge >= 0.3 is 6.18 Å². The van der Waals surface area contributed by atoms with Crippen LogP contribution < -0.4 is 5.32 Å². The zero-order chi connectivity index (χ0) is 14.8. The average molecular weight is 297 g/mol. The van der Waals surface area contributed by atoms with Crippen molar-refractivity contribution in [3.05, 3.63) is 58.6 Å². The lowest BCUT2D eigenvalue weighted by molar-refractivity contribution is -0.137. The third-order valence-electron chi connectivity index (χ3n) is 2.59. The van der Waals surface area contributed by atoms with E-state index in [0.29, 0.717) is 11.3 Å². The zero-order valence-corrected chi connectivity index (χ0v) is 10.8. The van der Waals surface area contributed by atoms with E-state index in [9.17, 15) is 13.2 Å². The minimum absolute atomic E-state index is 0.159. The smallest absolute Gasteiger partial charge is 0.354 e. The average Bonchev–Trinajstić information content (AvgIpc) is 2.41. The highest BCUT2D eigenvalue weighted by atomic mass is 35.5. The number of nitrogens with zero attached hydrogens (tertiary/aromatic N) is 1. The molecule has 0 aromatic heterocycles. The molecule has 2 aromatic rings. The predicted molar refractivity (Wildman–Crippen MR) is 70.9 cm³/mol. The van der Waals surface area contributed by atoms with Gasteiger partial charge in [-0.15, -0.1) is 0 Å². The van der Waals surface area contributed by atoms with Crippen molar-refractivity contribution in [2.24, 2.45) is 0 Å². The maximum absolute atomic E-state index is 12.6. The van der Waals surface area contributed by atoms with Gasteiger partial charge in [-0.05, 0) is 42.5 Å². The van der Waals surface area contributed by atoms with Crippen LogP contribution in [0.5, 0.6) is 0 Å². The van der Waals surface area contributed by atoms with E-state index in [4.69, 9.17) is 16.9 Å². The molecule has 0 aliphatic rings. The number of alkyl halides is 3. The van der Waals surface area contributed by atoms with E-state index >= 15 is 0 Å². The van der Waals surface area contributed by atoms with Gasteiger partial charge in [-0.25, -0.2) is 0 Å². The van der Waals surface area contributed by atoms with Crippen LogP contribution in [0.3, 0.4) is 0 Å². The molecule has 0 saturated carbocycles. The SMILES string of the molecule is N#Cc1ccc(Nc2cc(C(F)(F)F)ccc2Cl)cc1. The van der Waals surface area contributed by atoms with Crippen molar-refractivity contribution in [3.8, 4) is 6.07 Å². The van der Waals surface area contributed by atoms with Gasteiger partial charge in [0.1, 0.15) is 0 Å². The second-order valence-corrected chi connectivity index (χ2v) is 4.41. The molecule has 0 atom stereocenters. The number of halogens is 4. The Bertz CT molecular complexity index is 658. The zero-order valence-electron chi connectivity index (χ0n) is 10.0. The number of hydrogen-bond acceptors (Lipinski definition) is 2. The van der Waals surface area contributed by atoms with Crippen LogP contribution in [0.25, 0.3) is 0 Å². The van der Waals surface area contributed by atoms with E-state index in [2.05, 4.69) is 5.32 Å². The first-order valence-corrected chi connectivity index (χ1v) is 5.92. The first-order chi connectivity index (χ1) is 9.40. The van der Waals surface area contributed by atoms with Crippen molar-refractivity contribution in [1.29, 1.82) is 5.26 Å². The number of nitrogens with one attached hydrogen (secondary N) is 1. The van der Waals surface area contributed by atoms with E-state index < -0.39 is 11.7 Å². The minimum atomic E-state index is -4.42. The van der Waals surface area contributed by atoms with Gasteiger partial charge in [-0.2, -0.15) is 18.4 Å². The first-order valence-electron chi connectivity index (χ1n) is 5.54. The van der Waals surface area contributed by atoms with Crippen LogP contribution in [0.2, 0.25) is 5.02 Å². The molecule has 0 aliphatic heterocycles. The Morgan fingerprint density at radius 2 is 1.70 bits per heavy atom. The second kappa shape index (κ2) is 5.43. The highest BCUT2D eigenvalue weighted by Crippen LogP contribution is 2.34. The third kappa shape index (κ3) is 3.22. The van der Waals surface area contributed by atoms with Crippen molar-refractivity contribution in [1.82, 2.24) is 0 Å². The topological polar surface area (TPSA) is 35.8 Å². The quantitative estimate of drug-likeness (QED) is 0.849. The largest absolute Gasteiger partial charge is 0.416 e. The molecular weight excluding hydrogens is 289 g/mol. The van der Waals surface area contributed by atoms with Gasteiger partial charge < -0.3 is 5.32 Å². The van der Waals surface area contributed by atoms with Crippen molar-refractivity contribution in [3.63, 3.8) is 0 Å². The Hall–Kier alpha value is -2.19. The molecule has 0 bridgehead atoms. The number of rotatable bonds is 2. The van der Waals surface area contributed by atoms with Gasteiger partial charge in [-0.3, -0.25) is 0 Å². The monoisotopic (exact) mass is 296 g/mol. The standard InChI is InChI=1S/C14H8ClF3N2/c15-12-6-3-10(14(16,17)18)7-13(12)20-11-4-1-9(8-19)2-5-11/h1-7,20H. The van der Waals surface area contributed by atoms with Gasteiger partial charge in [0.25, 0.3) is 0 Å². The third-order valence-corrected chi connectivity index (χ3v) is 2.92. The van der Waals surface area contributed by atoms with E-state index in [0.717, 1.165) is 12.1 Å². The summed E-state index contributed by atoms with van der Waals surface area (Å²) in [5.41, 5.74) is 0.389. The van der Waals surface area contributed by atoms with Gasteiger partial charge in [0.15, 0.2) is 0 Å². The molecule has 0 amide bonds. The van der Waals surface area contributed by atoms with Gasteiger partial charge in [-0.1, -0.05) is 11.6 Å². The normalized spacial score (nSPS) is 10.9.